The summed E-state index contributed by atoms with van der Waals surface area (Å²) in [5.74, 6) is -0.104. The smallest absolute Gasteiger partial charge is 0.427 e. The molecule has 0 atom stereocenters. The van der Waals surface area contributed by atoms with Crippen molar-refractivity contribution in [1.82, 2.24) is 0 Å². The maximum absolute atomic E-state index is 13.7. The molecule has 0 aliphatic carbocycles. The van der Waals surface area contributed by atoms with Crippen LogP contribution in [0.2, 0.25) is 0 Å². The van der Waals surface area contributed by atoms with Crippen LogP contribution in [-0.4, -0.2) is 5.11 Å². The van der Waals surface area contributed by atoms with Crippen molar-refractivity contribution < 1.29 is 18.6 Å². The number of phenolic OH excluding ortho intramolecular Hbond substituents is 1. The first-order valence-electron chi connectivity index (χ1n) is 5.08. The Kier molecular flexibility index (Phi) is 1.90. The fourth-order valence-corrected chi connectivity index (χ4v) is 1.98. The summed E-state index contributed by atoms with van der Waals surface area (Å²) in [6.07, 6.45) is -3.36. The highest BCUT2D eigenvalue weighted by molar-refractivity contribution is 5.76. The van der Waals surface area contributed by atoms with Gasteiger partial charge in [0.15, 0.2) is 0 Å². The van der Waals surface area contributed by atoms with Crippen LogP contribution in [0.25, 0.3) is 11.1 Å². The third-order valence-corrected chi connectivity index (χ3v) is 2.73. The van der Waals surface area contributed by atoms with Crippen LogP contribution in [0.1, 0.15) is 5.56 Å². The van der Waals surface area contributed by atoms with Gasteiger partial charge in [0, 0.05) is 11.6 Å². The van der Waals surface area contributed by atoms with E-state index in [-0.39, 0.29) is 17.1 Å². The molecule has 0 bridgehead atoms. The number of halogens is 2. The molecular formula is C13H8F2O2. The Hall–Kier alpha value is -2.10. The van der Waals surface area contributed by atoms with Crippen LogP contribution in [0, 0.1) is 0 Å². The van der Waals surface area contributed by atoms with E-state index in [0.29, 0.717) is 11.1 Å². The molecule has 0 saturated carbocycles. The Labute approximate surface area is 96.1 Å². The summed E-state index contributed by atoms with van der Waals surface area (Å²) in [4.78, 5) is 0. The second-order valence-electron chi connectivity index (χ2n) is 3.84. The lowest BCUT2D eigenvalue weighted by Gasteiger charge is -2.27. The molecular weight excluding hydrogens is 226 g/mol. The van der Waals surface area contributed by atoms with E-state index in [4.69, 9.17) is 0 Å². The summed E-state index contributed by atoms with van der Waals surface area (Å²) in [7, 11) is 0. The number of hydrogen-bond acceptors (Lipinski definition) is 2. The summed E-state index contributed by atoms with van der Waals surface area (Å²) >= 11 is 0. The summed E-state index contributed by atoms with van der Waals surface area (Å²) in [6, 6.07) is 10.4. The lowest BCUT2D eigenvalue weighted by atomic mass is 9.96. The van der Waals surface area contributed by atoms with Gasteiger partial charge >= 0.3 is 6.11 Å². The zero-order chi connectivity index (χ0) is 12.0. The molecule has 4 heteroatoms. The van der Waals surface area contributed by atoms with Gasteiger partial charge in [-0.25, -0.2) is 0 Å². The van der Waals surface area contributed by atoms with Gasteiger partial charge in [-0.3, -0.25) is 0 Å². The number of fused-ring (bicyclic) bond motifs is 3. The summed E-state index contributed by atoms with van der Waals surface area (Å²) < 4.78 is 32.0. The predicted octanol–water partition coefficient (Wildman–Crippen LogP) is 3.50. The molecule has 0 amide bonds. The van der Waals surface area contributed by atoms with E-state index < -0.39 is 6.11 Å². The number of rotatable bonds is 0. The molecule has 3 rings (SSSR count). The van der Waals surface area contributed by atoms with Crippen LogP contribution in [0.5, 0.6) is 11.5 Å². The van der Waals surface area contributed by atoms with Crippen LogP contribution in [0.15, 0.2) is 42.5 Å². The Bertz CT molecular complexity index is 594. The first-order chi connectivity index (χ1) is 8.08. The molecule has 17 heavy (non-hydrogen) atoms. The molecule has 2 nitrogen and oxygen atoms in total. The quantitative estimate of drug-likeness (QED) is 0.755. The van der Waals surface area contributed by atoms with Gasteiger partial charge in [0.2, 0.25) is 0 Å². The highest BCUT2D eigenvalue weighted by Crippen LogP contribution is 2.47. The van der Waals surface area contributed by atoms with Crippen LogP contribution in [0.3, 0.4) is 0 Å². The second kappa shape index (κ2) is 3.20. The van der Waals surface area contributed by atoms with Gasteiger partial charge in [-0.05, 0) is 23.8 Å². The van der Waals surface area contributed by atoms with E-state index in [1.54, 1.807) is 24.3 Å². The Morgan fingerprint density at radius 3 is 2.59 bits per heavy atom. The molecule has 1 heterocycles. The zero-order valence-electron chi connectivity index (χ0n) is 8.65. The van der Waals surface area contributed by atoms with E-state index in [1.807, 2.05) is 0 Å². The minimum Gasteiger partial charge on any atom is -0.508 e. The van der Waals surface area contributed by atoms with Crippen molar-refractivity contribution in [2.45, 2.75) is 6.11 Å². The molecule has 0 saturated heterocycles. The number of benzene rings is 2. The second-order valence-corrected chi connectivity index (χ2v) is 3.84. The van der Waals surface area contributed by atoms with Crippen molar-refractivity contribution in [3.8, 4) is 22.6 Å². The normalized spacial score (nSPS) is 15.6. The first kappa shape index (κ1) is 10.1. The van der Waals surface area contributed by atoms with E-state index in [0.717, 1.165) is 0 Å². The molecule has 0 fully saturated rings. The van der Waals surface area contributed by atoms with Crippen LogP contribution in [0.4, 0.5) is 8.78 Å². The Morgan fingerprint density at radius 1 is 1.00 bits per heavy atom. The van der Waals surface area contributed by atoms with E-state index >= 15 is 0 Å². The number of phenols is 1. The van der Waals surface area contributed by atoms with Gasteiger partial charge in [0.05, 0.1) is 5.56 Å². The summed E-state index contributed by atoms with van der Waals surface area (Å²) in [6.45, 7) is 0. The van der Waals surface area contributed by atoms with Gasteiger partial charge < -0.3 is 9.84 Å². The summed E-state index contributed by atoms with van der Waals surface area (Å²) in [5.41, 5.74) is 0.835. The molecule has 0 aromatic heterocycles. The first-order valence-corrected chi connectivity index (χ1v) is 5.08. The molecule has 0 unspecified atom stereocenters. The molecule has 1 N–H and O–H groups in total. The van der Waals surface area contributed by atoms with Crippen molar-refractivity contribution in [2.24, 2.45) is 0 Å². The van der Waals surface area contributed by atoms with Crippen LogP contribution >= 0.6 is 0 Å². The lowest BCUT2D eigenvalue weighted by Crippen LogP contribution is -2.26. The van der Waals surface area contributed by atoms with Crippen LogP contribution < -0.4 is 4.74 Å². The fraction of sp³-hybridized carbons (Fsp3) is 0.0769. The van der Waals surface area contributed by atoms with Gasteiger partial charge in [0.25, 0.3) is 0 Å². The van der Waals surface area contributed by atoms with Gasteiger partial charge in [-0.1, -0.05) is 18.2 Å². The van der Waals surface area contributed by atoms with Crippen molar-refractivity contribution in [2.75, 3.05) is 0 Å². The molecule has 2 aromatic carbocycles. The molecule has 1 aliphatic rings. The predicted molar refractivity (Wildman–Crippen MR) is 58.1 cm³/mol. The topological polar surface area (TPSA) is 29.5 Å². The number of hydrogen-bond donors (Lipinski definition) is 1. The van der Waals surface area contributed by atoms with Crippen molar-refractivity contribution in [3.05, 3.63) is 48.0 Å². The summed E-state index contributed by atoms with van der Waals surface area (Å²) in [5, 5.41) is 9.28. The van der Waals surface area contributed by atoms with E-state index in [2.05, 4.69) is 4.74 Å². The maximum atomic E-state index is 13.7. The van der Waals surface area contributed by atoms with Gasteiger partial charge in [-0.15, -0.1) is 0 Å². The van der Waals surface area contributed by atoms with E-state index in [1.165, 1.54) is 18.2 Å². The lowest BCUT2D eigenvalue weighted by molar-refractivity contribution is -0.187. The Morgan fingerprint density at radius 2 is 1.76 bits per heavy atom. The zero-order valence-corrected chi connectivity index (χ0v) is 8.65. The fourth-order valence-electron chi connectivity index (χ4n) is 1.98. The largest absolute Gasteiger partial charge is 0.508 e. The Balaban J connectivity index is 2.31. The molecule has 2 aromatic rings. The number of aromatic hydroxyl groups is 1. The molecule has 86 valence electrons. The van der Waals surface area contributed by atoms with Gasteiger partial charge in [0.1, 0.15) is 11.5 Å². The molecule has 0 spiro atoms. The number of ether oxygens (including phenoxy) is 1. The molecule has 1 aliphatic heterocycles. The third kappa shape index (κ3) is 1.45. The monoisotopic (exact) mass is 234 g/mol. The van der Waals surface area contributed by atoms with Crippen molar-refractivity contribution in [3.63, 3.8) is 0 Å². The third-order valence-electron chi connectivity index (χ3n) is 2.73. The minimum atomic E-state index is -3.36. The number of alkyl halides is 2. The highest BCUT2D eigenvalue weighted by Gasteiger charge is 2.41. The minimum absolute atomic E-state index is 0.00583. The average molecular weight is 234 g/mol. The molecule has 0 radical (unpaired) electrons. The van der Waals surface area contributed by atoms with Gasteiger partial charge in [-0.2, -0.15) is 8.78 Å². The highest BCUT2D eigenvalue weighted by atomic mass is 19.3. The SMILES string of the molecule is Oc1ccc2c(c1)OC(F)(F)c1ccccc1-2. The van der Waals surface area contributed by atoms with E-state index in [9.17, 15) is 13.9 Å². The maximum Gasteiger partial charge on any atom is 0.427 e. The average Bonchev–Trinajstić information content (AvgIpc) is 2.28. The van der Waals surface area contributed by atoms with Crippen molar-refractivity contribution >= 4 is 0 Å². The van der Waals surface area contributed by atoms with Crippen molar-refractivity contribution in [1.29, 1.82) is 0 Å². The standard InChI is InChI=1S/C13H8F2O2/c14-13(15)11-4-2-1-3-9(11)10-6-5-8(16)7-12(10)17-13/h1-7,16H. The van der Waals surface area contributed by atoms with Crippen LogP contribution in [-0.2, 0) is 6.11 Å².